The summed E-state index contributed by atoms with van der Waals surface area (Å²) in [6.45, 7) is 0. The number of anilines is 1. The first-order valence-corrected chi connectivity index (χ1v) is 5.32. The first-order valence-electron chi connectivity index (χ1n) is 4.52. The molecule has 3 nitrogen and oxygen atoms in total. The highest BCUT2D eigenvalue weighted by Gasteiger charge is 2.23. The van der Waals surface area contributed by atoms with Crippen molar-refractivity contribution in [2.75, 3.05) is 5.73 Å². The van der Waals surface area contributed by atoms with Gasteiger partial charge in [0.25, 0.3) is 5.91 Å². The molecule has 4 heteroatoms. The van der Waals surface area contributed by atoms with Gasteiger partial charge < -0.3 is 11.1 Å². The Morgan fingerprint density at radius 1 is 1.50 bits per heavy atom. The number of nitrogen functional groups attached to an aromatic ring is 1. The van der Waals surface area contributed by atoms with Crippen LogP contribution in [0, 0.1) is 0 Å². The number of nitrogens with two attached hydrogens (primary N) is 1. The lowest BCUT2D eigenvalue weighted by atomic mass is 10.2. The molecule has 1 amide bonds. The fraction of sp³-hybridized carbons (Fsp3) is 0.300. The molecule has 0 bridgehead atoms. The van der Waals surface area contributed by atoms with Gasteiger partial charge in [0.2, 0.25) is 0 Å². The maximum Gasteiger partial charge on any atom is 0.251 e. The van der Waals surface area contributed by atoms with Crippen molar-refractivity contribution in [3.8, 4) is 0 Å². The summed E-state index contributed by atoms with van der Waals surface area (Å²) in [6, 6.07) is 5.62. The second-order valence-electron chi connectivity index (χ2n) is 3.48. The van der Waals surface area contributed by atoms with Crippen molar-refractivity contribution >= 4 is 27.5 Å². The van der Waals surface area contributed by atoms with Crippen LogP contribution in [0.3, 0.4) is 0 Å². The van der Waals surface area contributed by atoms with Crippen LogP contribution in [0.4, 0.5) is 5.69 Å². The number of rotatable bonds is 2. The van der Waals surface area contributed by atoms with Gasteiger partial charge in [-0.1, -0.05) is 0 Å². The summed E-state index contributed by atoms with van der Waals surface area (Å²) in [7, 11) is 0. The van der Waals surface area contributed by atoms with Crippen LogP contribution in [0.1, 0.15) is 23.2 Å². The van der Waals surface area contributed by atoms with Gasteiger partial charge in [0.1, 0.15) is 0 Å². The second kappa shape index (κ2) is 3.61. The lowest BCUT2D eigenvalue weighted by Gasteiger charge is -2.04. The molecule has 0 unspecified atom stereocenters. The minimum Gasteiger partial charge on any atom is -0.398 e. The molecule has 74 valence electrons. The van der Waals surface area contributed by atoms with Crippen LogP contribution in [-0.4, -0.2) is 11.9 Å². The summed E-state index contributed by atoms with van der Waals surface area (Å²) in [5.74, 6) is -0.0355. The first kappa shape index (κ1) is 9.52. The molecule has 0 radical (unpaired) electrons. The number of halogens is 1. The molecule has 0 aliphatic heterocycles. The van der Waals surface area contributed by atoms with E-state index in [1.165, 1.54) is 0 Å². The van der Waals surface area contributed by atoms with Crippen LogP contribution in [0.15, 0.2) is 22.7 Å². The van der Waals surface area contributed by atoms with Crippen molar-refractivity contribution in [2.45, 2.75) is 18.9 Å². The van der Waals surface area contributed by atoms with E-state index in [2.05, 4.69) is 21.2 Å². The highest BCUT2D eigenvalue weighted by Crippen LogP contribution is 2.22. The number of hydrogen-bond donors (Lipinski definition) is 2. The van der Waals surface area contributed by atoms with Gasteiger partial charge in [-0.15, -0.1) is 0 Å². The largest absolute Gasteiger partial charge is 0.398 e. The van der Waals surface area contributed by atoms with Crippen LogP contribution < -0.4 is 11.1 Å². The normalized spacial score (nSPS) is 15.2. The summed E-state index contributed by atoms with van der Waals surface area (Å²) >= 11 is 3.28. The molecule has 0 saturated heterocycles. The summed E-state index contributed by atoms with van der Waals surface area (Å²) in [5, 5.41) is 2.91. The van der Waals surface area contributed by atoms with Gasteiger partial charge in [-0.3, -0.25) is 4.79 Å². The molecule has 1 aromatic carbocycles. The first-order chi connectivity index (χ1) is 6.66. The van der Waals surface area contributed by atoms with E-state index in [9.17, 15) is 4.79 Å². The van der Waals surface area contributed by atoms with Crippen LogP contribution in [0.25, 0.3) is 0 Å². The Morgan fingerprint density at radius 2 is 2.21 bits per heavy atom. The number of benzene rings is 1. The van der Waals surface area contributed by atoms with E-state index >= 15 is 0 Å². The van der Waals surface area contributed by atoms with Crippen molar-refractivity contribution in [1.29, 1.82) is 0 Å². The SMILES string of the molecule is Nc1cc(C(=O)NC2CC2)ccc1Br. The molecule has 0 spiro atoms. The van der Waals surface area contributed by atoms with Crippen LogP contribution in [-0.2, 0) is 0 Å². The van der Waals surface area contributed by atoms with Crippen molar-refractivity contribution in [1.82, 2.24) is 5.32 Å². The van der Waals surface area contributed by atoms with Crippen molar-refractivity contribution < 1.29 is 4.79 Å². The Bertz CT molecular complexity index is 374. The highest BCUT2D eigenvalue weighted by atomic mass is 79.9. The molecule has 0 atom stereocenters. The molecular weight excluding hydrogens is 244 g/mol. The molecule has 0 heterocycles. The number of amides is 1. The smallest absolute Gasteiger partial charge is 0.251 e. The summed E-state index contributed by atoms with van der Waals surface area (Å²) in [4.78, 5) is 11.6. The van der Waals surface area contributed by atoms with E-state index in [1.807, 2.05) is 0 Å². The minimum absolute atomic E-state index is 0.0355. The molecule has 1 aliphatic rings. The second-order valence-corrected chi connectivity index (χ2v) is 4.34. The molecule has 3 N–H and O–H groups in total. The van der Waals surface area contributed by atoms with Gasteiger partial charge in [0.15, 0.2) is 0 Å². The van der Waals surface area contributed by atoms with E-state index < -0.39 is 0 Å². The van der Waals surface area contributed by atoms with Gasteiger partial charge in [-0.05, 0) is 47.0 Å². The van der Waals surface area contributed by atoms with Gasteiger partial charge in [-0.25, -0.2) is 0 Å². The zero-order valence-electron chi connectivity index (χ0n) is 7.59. The number of carbonyl (C=O) groups excluding carboxylic acids is 1. The predicted molar refractivity (Wildman–Crippen MR) is 59.0 cm³/mol. The number of nitrogens with one attached hydrogen (secondary N) is 1. The van der Waals surface area contributed by atoms with Crippen molar-refractivity contribution in [3.63, 3.8) is 0 Å². The molecule has 1 fully saturated rings. The van der Waals surface area contributed by atoms with E-state index in [4.69, 9.17) is 5.73 Å². The van der Waals surface area contributed by atoms with Crippen molar-refractivity contribution in [3.05, 3.63) is 28.2 Å². The molecule has 1 saturated carbocycles. The van der Waals surface area contributed by atoms with Crippen LogP contribution in [0.5, 0.6) is 0 Å². The van der Waals surface area contributed by atoms with E-state index in [-0.39, 0.29) is 5.91 Å². The summed E-state index contributed by atoms with van der Waals surface area (Å²) in [6.07, 6.45) is 2.19. The monoisotopic (exact) mass is 254 g/mol. The summed E-state index contributed by atoms with van der Waals surface area (Å²) < 4.78 is 0.820. The van der Waals surface area contributed by atoms with E-state index in [1.54, 1.807) is 18.2 Å². The van der Waals surface area contributed by atoms with E-state index in [0.717, 1.165) is 17.3 Å². The predicted octanol–water partition coefficient (Wildman–Crippen LogP) is 1.92. The highest BCUT2D eigenvalue weighted by molar-refractivity contribution is 9.10. The van der Waals surface area contributed by atoms with Gasteiger partial charge in [-0.2, -0.15) is 0 Å². The van der Waals surface area contributed by atoms with Gasteiger partial charge >= 0.3 is 0 Å². The third-order valence-electron chi connectivity index (χ3n) is 2.17. The fourth-order valence-electron chi connectivity index (χ4n) is 1.18. The molecule has 2 rings (SSSR count). The zero-order valence-corrected chi connectivity index (χ0v) is 9.17. The lowest BCUT2D eigenvalue weighted by molar-refractivity contribution is 0.0951. The Kier molecular flexibility index (Phi) is 2.46. The topological polar surface area (TPSA) is 55.1 Å². The Hall–Kier alpha value is -1.03. The minimum atomic E-state index is -0.0355. The van der Waals surface area contributed by atoms with Crippen LogP contribution >= 0.6 is 15.9 Å². The molecular formula is C10H11BrN2O. The van der Waals surface area contributed by atoms with E-state index in [0.29, 0.717) is 17.3 Å². The van der Waals surface area contributed by atoms with Gasteiger partial charge in [0.05, 0.1) is 0 Å². The molecule has 14 heavy (non-hydrogen) atoms. The summed E-state index contributed by atoms with van der Waals surface area (Å²) in [5.41, 5.74) is 6.89. The van der Waals surface area contributed by atoms with Gasteiger partial charge in [0, 0.05) is 21.8 Å². The molecule has 1 aliphatic carbocycles. The molecule has 1 aromatic rings. The number of hydrogen-bond acceptors (Lipinski definition) is 2. The quantitative estimate of drug-likeness (QED) is 0.793. The maximum absolute atomic E-state index is 11.6. The zero-order chi connectivity index (χ0) is 10.1. The maximum atomic E-state index is 11.6. The third kappa shape index (κ3) is 2.07. The Labute approximate surface area is 90.8 Å². The average Bonchev–Trinajstić information content (AvgIpc) is 2.93. The fourth-order valence-corrected chi connectivity index (χ4v) is 1.43. The Morgan fingerprint density at radius 3 is 2.79 bits per heavy atom. The number of carbonyl (C=O) groups is 1. The van der Waals surface area contributed by atoms with Crippen molar-refractivity contribution in [2.24, 2.45) is 0 Å². The lowest BCUT2D eigenvalue weighted by Crippen LogP contribution is -2.25. The molecule has 0 aromatic heterocycles. The average molecular weight is 255 g/mol. The van der Waals surface area contributed by atoms with Crippen LogP contribution in [0.2, 0.25) is 0 Å². The third-order valence-corrected chi connectivity index (χ3v) is 2.89. The Balaban J connectivity index is 2.14. The standard InChI is InChI=1S/C10H11BrN2O/c11-8-4-1-6(5-9(8)12)10(14)13-7-2-3-7/h1,4-5,7H,2-3,12H2,(H,13,14).